The number of amides is 1. The van der Waals surface area contributed by atoms with Gasteiger partial charge < -0.3 is 5.32 Å². The summed E-state index contributed by atoms with van der Waals surface area (Å²) in [6.45, 7) is 4.86. The Hall–Kier alpha value is -2.97. The van der Waals surface area contributed by atoms with Gasteiger partial charge in [-0.2, -0.15) is 0 Å². The first-order chi connectivity index (χ1) is 16.1. The van der Waals surface area contributed by atoms with Crippen molar-refractivity contribution in [2.75, 3.05) is 6.54 Å². The molecule has 0 atom stereocenters. The lowest BCUT2D eigenvalue weighted by Gasteiger charge is -2.10. The third-order valence-electron chi connectivity index (χ3n) is 5.12. The molecule has 0 radical (unpaired) electrons. The standard InChI is InChI=1S/C25H27N5OS2/c1-3-4-14-26-24(31)21-16-32-23(27-21)17-33-25-29-28-22(15-19-8-6-5-7-9-19)30(25)20-12-10-18(2)11-13-20/h5-13,16H,3-4,14-15,17H2,1-2H3,(H,26,31). The van der Waals surface area contributed by atoms with Gasteiger partial charge >= 0.3 is 0 Å². The molecule has 2 heterocycles. The van der Waals surface area contributed by atoms with E-state index in [4.69, 9.17) is 0 Å². The van der Waals surface area contributed by atoms with Gasteiger partial charge in [-0.15, -0.1) is 21.5 Å². The second-order valence-corrected chi connectivity index (χ2v) is 9.64. The van der Waals surface area contributed by atoms with Crippen molar-refractivity contribution in [3.05, 3.63) is 87.6 Å². The van der Waals surface area contributed by atoms with Crippen LogP contribution >= 0.6 is 23.1 Å². The van der Waals surface area contributed by atoms with Crippen molar-refractivity contribution in [3.8, 4) is 5.69 Å². The minimum absolute atomic E-state index is 0.107. The summed E-state index contributed by atoms with van der Waals surface area (Å²) in [5, 5.41) is 15.4. The second kappa shape index (κ2) is 11.2. The van der Waals surface area contributed by atoms with Gasteiger partial charge in [-0.05, 0) is 31.0 Å². The average molecular weight is 478 g/mol. The number of unbranched alkanes of at least 4 members (excludes halogenated alkanes) is 1. The van der Waals surface area contributed by atoms with E-state index in [1.54, 1.807) is 11.8 Å². The highest BCUT2D eigenvalue weighted by Gasteiger charge is 2.17. The predicted octanol–water partition coefficient (Wildman–Crippen LogP) is 5.45. The third-order valence-corrected chi connectivity index (χ3v) is 7.09. The molecule has 0 aliphatic heterocycles. The molecule has 0 saturated carbocycles. The highest BCUT2D eigenvalue weighted by atomic mass is 32.2. The van der Waals surface area contributed by atoms with Crippen molar-refractivity contribution in [1.82, 2.24) is 25.1 Å². The predicted molar refractivity (Wildman–Crippen MR) is 134 cm³/mol. The molecule has 0 bridgehead atoms. The number of nitrogens with one attached hydrogen (secondary N) is 1. The fraction of sp³-hybridized carbons (Fsp3) is 0.280. The molecule has 0 unspecified atom stereocenters. The van der Waals surface area contributed by atoms with Crippen LogP contribution in [0.3, 0.4) is 0 Å². The lowest BCUT2D eigenvalue weighted by molar-refractivity contribution is 0.0948. The van der Waals surface area contributed by atoms with Crippen molar-refractivity contribution in [2.45, 2.75) is 44.0 Å². The number of thiazole rings is 1. The molecular weight excluding hydrogens is 450 g/mol. The molecule has 2 aromatic carbocycles. The Morgan fingerprint density at radius 2 is 1.88 bits per heavy atom. The quantitative estimate of drug-likeness (QED) is 0.243. The largest absolute Gasteiger partial charge is 0.351 e. The molecule has 0 aliphatic carbocycles. The number of hydrogen-bond acceptors (Lipinski definition) is 6. The van der Waals surface area contributed by atoms with E-state index in [1.807, 2.05) is 23.6 Å². The summed E-state index contributed by atoms with van der Waals surface area (Å²) in [5.41, 5.74) is 3.91. The summed E-state index contributed by atoms with van der Waals surface area (Å²) in [4.78, 5) is 16.8. The molecule has 4 rings (SSSR count). The van der Waals surface area contributed by atoms with Crippen LogP contribution in [0.15, 0.2) is 65.1 Å². The average Bonchev–Trinajstić information content (AvgIpc) is 3.46. The van der Waals surface area contributed by atoms with E-state index in [9.17, 15) is 4.79 Å². The molecule has 1 N–H and O–H groups in total. The van der Waals surface area contributed by atoms with Gasteiger partial charge in [-0.3, -0.25) is 9.36 Å². The Morgan fingerprint density at radius 1 is 1.09 bits per heavy atom. The first-order valence-corrected chi connectivity index (χ1v) is 12.9. The SMILES string of the molecule is CCCCNC(=O)c1csc(CSc2nnc(Cc3ccccc3)n2-c2ccc(C)cc2)n1. The summed E-state index contributed by atoms with van der Waals surface area (Å²) in [6.07, 6.45) is 2.72. The Kier molecular flexibility index (Phi) is 7.91. The van der Waals surface area contributed by atoms with E-state index in [0.717, 1.165) is 34.5 Å². The van der Waals surface area contributed by atoms with Gasteiger partial charge in [-0.25, -0.2) is 4.98 Å². The first-order valence-electron chi connectivity index (χ1n) is 11.0. The van der Waals surface area contributed by atoms with E-state index in [-0.39, 0.29) is 5.91 Å². The molecule has 4 aromatic rings. The highest BCUT2D eigenvalue weighted by Crippen LogP contribution is 2.27. The van der Waals surface area contributed by atoms with E-state index >= 15 is 0 Å². The fourth-order valence-electron chi connectivity index (χ4n) is 3.32. The van der Waals surface area contributed by atoms with Crippen LogP contribution in [0.5, 0.6) is 0 Å². The number of thioether (sulfide) groups is 1. The van der Waals surface area contributed by atoms with Crippen LogP contribution in [0.4, 0.5) is 0 Å². The van der Waals surface area contributed by atoms with Crippen LogP contribution in [0.25, 0.3) is 5.69 Å². The maximum atomic E-state index is 12.3. The maximum absolute atomic E-state index is 12.3. The summed E-state index contributed by atoms with van der Waals surface area (Å²) < 4.78 is 2.11. The van der Waals surface area contributed by atoms with Crippen molar-refractivity contribution in [1.29, 1.82) is 0 Å². The van der Waals surface area contributed by atoms with Gasteiger partial charge in [0.15, 0.2) is 5.16 Å². The number of rotatable bonds is 10. The van der Waals surface area contributed by atoms with Gasteiger partial charge in [0.25, 0.3) is 5.91 Å². The minimum atomic E-state index is -0.107. The highest BCUT2D eigenvalue weighted by molar-refractivity contribution is 7.98. The third kappa shape index (κ3) is 6.09. The molecule has 0 aliphatic rings. The van der Waals surface area contributed by atoms with Crippen molar-refractivity contribution >= 4 is 29.0 Å². The Morgan fingerprint density at radius 3 is 2.64 bits per heavy atom. The topological polar surface area (TPSA) is 72.7 Å². The van der Waals surface area contributed by atoms with Crippen LogP contribution in [-0.4, -0.2) is 32.2 Å². The summed E-state index contributed by atoms with van der Waals surface area (Å²) >= 11 is 3.08. The van der Waals surface area contributed by atoms with Crippen molar-refractivity contribution in [3.63, 3.8) is 0 Å². The lowest BCUT2D eigenvalue weighted by atomic mass is 10.1. The molecule has 2 aromatic heterocycles. The zero-order valence-electron chi connectivity index (χ0n) is 18.8. The van der Waals surface area contributed by atoms with E-state index in [2.05, 4.69) is 75.3 Å². The number of hydrogen-bond donors (Lipinski definition) is 1. The summed E-state index contributed by atoms with van der Waals surface area (Å²) in [6, 6.07) is 18.7. The molecule has 8 heteroatoms. The summed E-state index contributed by atoms with van der Waals surface area (Å²) in [7, 11) is 0. The van der Waals surface area contributed by atoms with Crippen LogP contribution in [0.2, 0.25) is 0 Å². The Labute approximate surface area is 202 Å². The molecule has 0 saturated heterocycles. The normalized spacial score (nSPS) is 11.0. The number of nitrogens with zero attached hydrogens (tertiary/aromatic N) is 4. The van der Waals surface area contributed by atoms with Crippen molar-refractivity contribution < 1.29 is 4.79 Å². The number of carbonyl (C=O) groups is 1. The molecular formula is C25H27N5OS2. The van der Waals surface area contributed by atoms with Crippen LogP contribution in [0, 0.1) is 6.92 Å². The van der Waals surface area contributed by atoms with Crippen LogP contribution in [-0.2, 0) is 12.2 Å². The molecule has 6 nitrogen and oxygen atoms in total. The smallest absolute Gasteiger partial charge is 0.270 e. The van der Waals surface area contributed by atoms with Crippen LogP contribution in [0.1, 0.15) is 52.2 Å². The Bertz CT molecular complexity index is 1190. The number of carbonyl (C=O) groups excluding carboxylic acids is 1. The maximum Gasteiger partial charge on any atom is 0.270 e. The molecule has 1 amide bonds. The zero-order chi connectivity index (χ0) is 23.0. The van der Waals surface area contributed by atoms with Gasteiger partial charge in [0.2, 0.25) is 0 Å². The number of aryl methyl sites for hydroxylation is 1. The van der Waals surface area contributed by atoms with E-state index in [0.29, 0.717) is 24.4 Å². The fourth-order valence-corrected chi connectivity index (χ4v) is 5.08. The summed E-state index contributed by atoms with van der Waals surface area (Å²) in [5.74, 6) is 1.41. The Balaban J connectivity index is 1.52. The molecule has 170 valence electrons. The van der Waals surface area contributed by atoms with E-state index in [1.165, 1.54) is 22.5 Å². The van der Waals surface area contributed by atoms with Gasteiger partial charge in [0.1, 0.15) is 16.5 Å². The molecule has 33 heavy (non-hydrogen) atoms. The monoisotopic (exact) mass is 477 g/mol. The van der Waals surface area contributed by atoms with Gasteiger partial charge in [0, 0.05) is 24.0 Å². The number of benzene rings is 2. The van der Waals surface area contributed by atoms with Gasteiger partial charge in [-0.1, -0.05) is 73.1 Å². The molecule has 0 spiro atoms. The lowest BCUT2D eigenvalue weighted by Crippen LogP contribution is -2.24. The van der Waals surface area contributed by atoms with E-state index < -0.39 is 0 Å². The minimum Gasteiger partial charge on any atom is -0.351 e. The zero-order valence-corrected chi connectivity index (χ0v) is 20.5. The van der Waals surface area contributed by atoms with Crippen molar-refractivity contribution in [2.24, 2.45) is 0 Å². The van der Waals surface area contributed by atoms with Gasteiger partial charge in [0.05, 0.1) is 5.75 Å². The first kappa shape index (κ1) is 23.2. The molecule has 0 fully saturated rings. The second-order valence-electron chi connectivity index (χ2n) is 7.76. The van der Waals surface area contributed by atoms with Crippen LogP contribution < -0.4 is 5.32 Å². The number of aromatic nitrogens is 4.